The molecule has 104 valence electrons. The van der Waals surface area contributed by atoms with Gasteiger partial charge in [0.2, 0.25) is 5.91 Å². The van der Waals surface area contributed by atoms with E-state index in [1.54, 1.807) is 4.90 Å². The summed E-state index contributed by atoms with van der Waals surface area (Å²) in [5, 5.41) is 8.99. The Labute approximate surface area is 114 Å². The molecule has 0 saturated carbocycles. The fourth-order valence-corrected chi connectivity index (χ4v) is 2.67. The summed E-state index contributed by atoms with van der Waals surface area (Å²) in [6.07, 6.45) is 0. The minimum absolute atomic E-state index is 0.152. The van der Waals surface area contributed by atoms with Crippen LogP contribution in [0.25, 0.3) is 0 Å². The van der Waals surface area contributed by atoms with E-state index in [2.05, 4.69) is 36.1 Å². The maximum Gasteiger partial charge on any atom is 0.248 e. The Bertz CT molecular complexity index is 421. The number of amides is 1. The molecule has 2 unspecified atom stereocenters. The highest BCUT2D eigenvalue weighted by atomic mass is 16.3. The van der Waals surface area contributed by atoms with Gasteiger partial charge in [0.1, 0.15) is 6.61 Å². The van der Waals surface area contributed by atoms with Crippen molar-refractivity contribution in [2.75, 3.05) is 19.7 Å². The van der Waals surface area contributed by atoms with Crippen molar-refractivity contribution in [2.45, 2.75) is 32.5 Å². The quantitative estimate of drug-likeness (QED) is 0.887. The van der Waals surface area contributed by atoms with Crippen molar-refractivity contribution in [3.63, 3.8) is 0 Å². The van der Waals surface area contributed by atoms with Crippen LogP contribution in [0.3, 0.4) is 0 Å². The molecule has 1 aliphatic heterocycles. The van der Waals surface area contributed by atoms with Gasteiger partial charge in [0.05, 0.1) is 0 Å². The summed E-state index contributed by atoms with van der Waals surface area (Å²) in [4.78, 5) is 15.8. The zero-order chi connectivity index (χ0) is 13.8. The van der Waals surface area contributed by atoms with Gasteiger partial charge in [-0.1, -0.05) is 30.3 Å². The van der Waals surface area contributed by atoms with Crippen LogP contribution in [-0.4, -0.2) is 52.6 Å². The molecule has 1 fully saturated rings. The van der Waals surface area contributed by atoms with Crippen molar-refractivity contribution in [2.24, 2.45) is 0 Å². The second-order valence-corrected chi connectivity index (χ2v) is 5.32. The van der Waals surface area contributed by atoms with E-state index in [1.807, 2.05) is 13.0 Å². The van der Waals surface area contributed by atoms with E-state index < -0.39 is 6.61 Å². The van der Waals surface area contributed by atoms with Gasteiger partial charge in [0, 0.05) is 31.7 Å². The molecule has 0 radical (unpaired) electrons. The van der Waals surface area contributed by atoms with Crippen LogP contribution in [0.5, 0.6) is 0 Å². The number of aliphatic hydroxyl groups is 1. The van der Waals surface area contributed by atoms with E-state index in [1.165, 1.54) is 5.56 Å². The highest BCUT2D eigenvalue weighted by Crippen LogP contribution is 2.18. The molecule has 1 amide bonds. The Morgan fingerprint density at radius 1 is 1.21 bits per heavy atom. The highest BCUT2D eigenvalue weighted by molar-refractivity contribution is 5.77. The molecular formula is C15H22N2O2. The summed E-state index contributed by atoms with van der Waals surface area (Å²) in [5.41, 5.74) is 1.29. The summed E-state index contributed by atoms with van der Waals surface area (Å²) in [5.74, 6) is -0.168. The molecule has 2 rings (SSSR count). The number of carbonyl (C=O) groups excluding carboxylic acids is 1. The number of piperazine rings is 1. The Morgan fingerprint density at radius 3 is 2.53 bits per heavy atom. The van der Waals surface area contributed by atoms with Crippen molar-refractivity contribution >= 4 is 5.91 Å². The third-order valence-electron chi connectivity index (χ3n) is 3.80. The van der Waals surface area contributed by atoms with Gasteiger partial charge in [-0.15, -0.1) is 0 Å². The maximum absolute atomic E-state index is 11.6. The van der Waals surface area contributed by atoms with Gasteiger partial charge < -0.3 is 10.0 Å². The molecule has 4 heteroatoms. The molecule has 2 atom stereocenters. The van der Waals surface area contributed by atoms with E-state index >= 15 is 0 Å². The number of hydrogen-bond donors (Lipinski definition) is 1. The van der Waals surface area contributed by atoms with Crippen molar-refractivity contribution in [3.8, 4) is 0 Å². The second kappa shape index (κ2) is 6.17. The number of benzene rings is 1. The molecule has 1 saturated heterocycles. The van der Waals surface area contributed by atoms with Crippen LogP contribution in [0.4, 0.5) is 0 Å². The monoisotopic (exact) mass is 262 g/mol. The van der Waals surface area contributed by atoms with E-state index in [0.29, 0.717) is 12.6 Å². The molecule has 19 heavy (non-hydrogen) atoms. The molecule has 1 aromatic rings. The first-order valence-electron chi connectivity index (χ1n) is 6.80. The Hall–Kier alpha value is -1.39. The van der Waals surface area contributed by atoms with Crippen LogP contribution in [0, 0.1) is 0 Å². The lowest BCUT2D eigenvalue weighted by Gasteiger charge is -2.44. The molecule has 1 aromatic carbocycles. The summed E-state index contributed by atoms with van der Waals surface area (Å²) in [7, 11) is 0. The average Bonchev–Trinajstić information content (AvgIpc) is 2.43. The number of carbonyl (C=O) groups is 1. The minimum atomic E-state index is -0.393. The zero-order valence-corrected chi connectivity index (χ0v) is 11.6. The Kier molecular flexibility index (Phi) is 4.56. The van der Waals surface area contributed by atoms with E-state index in [-0.39, 0.29) is 11.9 Å². The average molecular weight is 262 g/mol. The van der Waals surface area contributed by atoms with Crippen LogP contribution >= 0.6 is 0 Å². The largest absolute Gasteiger partial charge is 0.387 e. The molecule has 4 nitrogen and oxygen atoms in total. The molecule has 1 N–H and O–H groups in total. The number of hydrogen-bond acceptors (Lipinski definition) is 3. The lowest BCUT2D eigenvalue weighted by atomic mass is 10.1. The van der Waals surface area contributed by atoms with E-state index in [0.717, 1.165) is 13.1 Å². The minimum Gasteiger partial charge on any atom is -0.387 e. The van der Waals surface area contributed by atoms with Gasteiger partial charge in [0.15, 0.2) is 0 Å². The first kappa shape index (κ1) is 14.0. The molecule has 0 spiro atoms. The number of nitrogens with zero attached hydrogens (tertiary/aromatic N) is 2. The van der Waals surface area contributed by atoms with Crippen LogP contribution < -0.4 is 0 Å². The third-order valence-corrected chi connectivity index (χ3v) is 3.80. The van der Waals surface area contributed by atoms with Crippen LogP contribution in [0.1, 0.15) is 19.4 Å². The maximum atomic E-state index is 11.6. The normalized spacial score (nSPS) is 24.5. The summed E-state index contributed by atoms with van der Waals surface area (Å²) >= 11 is 0. The summed E-state index contributed by atoms with van der Waals surface area (Å²) in [6, 6.07) is 10.8. The Balaban J connectivity index is 2.00. The van der Waals surface area contributed by atoms with Crippen molar-refractivity contribution in [1.82, 2.24) is 9.80 Å². The van der Waals surface area contributed by atoms with Crippen LogP contribution in [-0.2, 0) is 11.3 Å². The summed E-state index contributed by atoms with van der Waals surface area (Å²) < 4.78 is 0. The van der Waals surface area contributed by atoms with Gasteiger partial charge in [-0.2, -0.15) is 0 Å². The topological polar surface area (TPSA) is 43.8 Å². The molecule has 0 aliphatic carbocycles. The summed E-state index contributed by atoms with van der Waals surface area (Å²) in [6.45, 7) is 6.22. The predicted octanol–water partition coefficient (Wildman–Crippen LogP) is 1.10. The van der Waals surface area contributed by atoms with Gasteiger partial charge in [-0.3, -0.25) is 9.69 Å². The lowest BCUT2D eigenvalue weighted by molar-refractivity contribution is -0.140. The van der Waals surface area contributed by atoms with Gasteiger partial charge in [-0.25, -0.2) is 0 Å². The van der Waals surface area contributed by atoms with E-state index in [4.69, 9.17) is 5.11 Å². The molecule has 1 aliphatic rings. The Morgan fingerprint density at radius 2 is 1.89 bits per heavy atom. The first-order chi connectivity index (χ1) is 9.11. The van der Waals surface area contributed by atoms with Crippen LogP contribution in [0.15, 0.2) is 30.3 Å². The standard InChI is InChI=1S/C15H22N2O2/c1-12-9-17(15(19)11-18)13(2)8-16(12)10-14-6-4-3-5-7-14/h3-7,12-13,18H,8-11H2,1-2H3. The van der Waals surface area contributed by atoms with Gasteiger partial charge in [-0.05, 0) is 19.4 Å². The van der Waals surface area contributed by atoms with Crippen molar-refractivity contribution < 1.29 is 9.90 Å². The molecular weight excluding hydrogens is 240 g/mol. The van der Waals surface area contributed by atoms with E-state index in [9.17, 15) is 4.79 Å². The lowest BCUT2D eigenvalue weighted by Crippen LogP contribution is -2.58. The number of rotatable bonds is 3. The first-order valence-corrected chi connectivity index (χ1v) is 6.80. The molecule has 1 heterocycles. The zero-order valence-electron chi connectivity index (χ0n) is 11.6. The SMILES string of the molecule is CC1CN(C(=O)CO)C(C)CN1Cc1ccccc1. The predicted molar refractivity (Wildman–Crippen MR) is 74.6 cm³/mol. The van der Waals surface area contributed by atoms with Crippen molar-refractivity contribution in [3.05, 3.63) is 35.9 Å². The van der Waals surface area contributed by atoms with Crippen molar-refractivity contribution in [1.29, 1.82) is 0 Å². The van der Waals surface area contributed by atoms with Crippen LogP contribution in [0.2, 0.25) is 0 Å². The molecule has 0 bridgehead atoms. The van der Waals surface area contributed by atoms with Gasteiger partial charge in [0.25, 0.3) is 0 Å². The molecule has 0 aromatic heterocycles. The fourth-order valence-electron chi connectivity index (χ4n) is 2.67. The van der Waals surface area contributed by atoms with Gasteiger partial charge >= 0.3 is 0 Å². The second-order valence-electron chi connectivity index (χ2n) is 5.32. The highest BCUT2D eigenvalue weighted by Gasteiger charge is 2.31. The number of aliphatic hydroxyl groups excluding tert-OH is 1. The fraction of sp³-hybridized carbons (Fsp3) is 0.533. The smallest absolute Gasteiger partial charge is 0.248 e. The third kappa shape index (κ3) is 3.33.